The summed E-state index contributed by atoms with van der Waals surface area (Å²) in [6, 6.07) is 10.9. The van der Waals surface area contributed by atoms with Gasteiger partial charge in [-0.1, -0.05) is 18.2 Å². The first-order valence-electron chi connectivity index (χ1n) is 10.8. The van der Waals surface area contributed by atoms with Crippen LogP contribution in [0.15, 0.2) is 71.9 Å². The van der Waals surface area contributed by atoms with Gasteiger partial charge in [-0.05, 0) is 12.1 Å². The lowest BCUT2D eigenvalue weighted by molar-refractivity contribution is -0.137. The molecule has 11 heteroatoms. The van der Waals surface area contributed by atoms with Crippen LogP contribution in [-0.2, 0) is 12.7 Å². The second kappa shape index (κ2) is 8.84. The number of imidazole rings is 1. The number of alkyl halides is 3. The highest BCUT2D eigenvalue weighted by molar-refractivity contribution is 6.10. The number of hydrogen-bond donors (Lipinski definition) is 3. The lowest BCUT2D eigenvalue weighted by atomic mass is 9.99. The van der Waals surface area contributed by atoms with E-state index in [4.69, 9.17) is 0 Å². The number of anilines is 1. The van der Waals surface area contributed by atoms with Crippen LogP contribution in [0.1, 0.15) is 27.2 Å². The van der Waals surface area contributed by atoms with Crippen LogP contribution < -0.4 is 10.3 Å². The van der Waals surface area contributed by atoms with Crippen molar-refractivity contribution >= 4 is 22.6 Å². The molecule has 0 spiro atoms. The van der Waals surface area contributed by atoms with Crippen LogP contribution in [0.3, 0.4) is 0 Å². The molecule has 8 nitrogen and oxygen atoms in total. The Bertz CT molecular complexity index is 1630. The van der Waals surface area contributed by atoms with Crippen LogP contribution in [0, 0.1) is 0 Å². The summed E-state index contributed by atoms with van der Waals surface area (Å²) in [5.41, 5.74) is 0.996. The number of halogens is 3. The van der Waals surface area contributed by atoms with Crippen molar-refractivity contribution in [3.63, 3.8) is 0 Å². The van der Waals surface area contributed by atoms with E-state index in [0.29, 0.717) is 34.9 Å². The summed E-state index contributed by atoms with van der Waals surface area (Å²) < 4.78 is 40.0. The Labute approximate surface area is 201 Å². The SMILES string of the molecule is CN(Cc1cc(=O)cc[nH]1)c1cc2nc(-c3cc(C(=O)c4ccccc4C(F)(F)F)c[nH]3)[nH]c2cn1. The average molecular weight is 492 g/mol. The van der Waals surface area contributed by atoms with Crippen molar-refractivity contribution < 1.29 is 18.0 Å². The van der Waals surface area contributed by atoms with Crippen molar-refractivity contribution in [3.05, 3.63) is 99.7 Å². The van der Waals surface area contributed by atoms with Crippen LogP contribution in [0.2, 0.25) is 0 Å². The van der Waals surface area contributed by atoms with E-state index in [0.717, 1.165) is 17.8 Å². The third kappa shape index (κ3) is 4.50. The summed E-state index contributed by atoms with van der Waals surface area (Å²) in [5.74, 6) is 0.282. The Morgan fingerprint density at radius 1 is 1.08 bits per heavy atom. The molecule has 1 aromatic carbocycles. The van der Waals surface area contributed by atoms with Crippen molar-refractivity contribution in [2.45, 2.75) is 12.7 Å². The van der Waals surface area contributed by atoms with Crippen LogP contribution in [-0.4, -0.2) is 37.8 Å². The molecule has 0 aliphatic carbocycles. The lowest BCUT2D eigenvalue weighted by Crippen LogP contribution is -2.19. The number of aromatic amines is 3. The highest BCUT2D eigenvalue weighted by Crippen LogP contribution is 2.33. The Morgan fingerprint density at radius 3 is 2.67 bits per heavy atom. The van der Waals surface area contributed by atoms with Gasteiger partial charge in [0.2, 0.25) is 0 Å². The van der Waals surface area contributed by atoms with Gasteiger partial charge in [0.25, 0.3) is 0 Å². The second-order valence-corrected chi connectivity index (χ2v) is 8.23. The zero-order chi connectivity index (χ0) is 25.4. The molecule has 0 amide bonds. The fourth-order valence-corrected chi connectivity index (χ4v) is 3.90. The normalized spacial score (nSPS) is 11.7. The van der Waals surface area contributed by atoms with Crippen molar-refractivity contribution in [2.75, 3.05) is 11.9 Å². The molecule has 0 radical (unpaired) electrons. The highest BCUT2D eigenvalue weighted by atomic mass is 19.4. The Morgan fingerprint density at radius 2 is 1.89 bits per heavy atom. The lowest BCUT2D eigenvalue weighted by Gasteiger charge is -2.17. The van der Waals surface area contributed by atoms with Gasteiger partial charge in [0.1, 0.15) is 5.82 Å². The number of aromatic nitrogens is 5. The highest BCUT2D eigenvalue weighted by Gasteiger charge is 2.35. The second-order valence-electron chi connectivity index (χ2n) is 8.23. The number of benzene rings is 1. The topological polar surface area (TPSA) is 111 Å². The summed E-state index contributed by atoms with van der Waals surface area (Å²) >= 11 is 0. The fourth-order valence-electron chi connectivity index (χ4n) is 3.90. The first-order valence-corrected chi connectivity index (χ1v) is 10.8. The van der Waals surface area contributed by atoms with E-state index in [1.165, 1.54) is 36.5 Å². The molecule has 36 heavy (non-hydrogen) atoms. The summed E-state index contributed by atoms with van der Waals surface area (Å²) in [7, 11) is 1.83. The van der Waals surface area contributed by atoms with Gasteiger partial charge >= 0.3 is 6.18 Å². The molecule has 0 atom stereocenters. The molecule has 0 unspecified atom stereocenters. The molecule has 0 saturated carbocycles. The smallest absolute Gasteiger partial charge is 0.363 e. The number of rotatable bonds is 6. The molecular weight excluding hydrogens is 473 g/mol. The minimum Gasteiger partial charge on any atom is -0.363 e. The Kier molecular flexibility index (Phi) is 5.67. The van der Waals surface area contributed by atoms with Crippen LogP contribution >= 0.6 is 0 Å². The standard InChI is InChI=1S/C25H19F3N6O2/c1-34(13-15-9-16(35)6-7-29-15)22-10-19-21(12-31-22)33-24(32-19)20-8-14(11-30-20)23(36)17-4-2-3-5-18(17)25(26,27)28/h2-12,30H,13H2,1H3,(H,29,35)(H,32,33). The monoisotopic (exact) mass is 492 g/mol. The molecule has 5 rings (SSSR count). The number of hydrogen-bond acceptors (Lipinski definition) is 5. The number of pyridine rings is 2. The van der Waals surface area contributed by atoms with Gasteiger partial charge in [-0.3, -0.25) is 9.59 Å². The van der Waals surface area contributed by atoms with Crippen molar-refractivity contribution in [3.8, 4) is 11.5 Å². The Balaban J connectivity index is 1.40. The van der Waals surface area contributed by atoms with Crippen LogP contribution in [0.5, 0.6) is 0 Å². The minimum absolute atomic E-state index is 0.0811. The van der Waals surface area contributed by atoms with Crippen molar-refractivity contribution in [2.24, 2.45) is 0 Å². The zero-order valence-electron chi connectivity index (χ0n) is 18.8. The molecule has 4 aromatic heterocycles. The van der Waals surface area contributed by atoms with Crippen molar-refractivity contribution in [1.29, 1.82) is 0 Å². The van der Waals surface area contributed by atoms with Gasteiger partial charge in [0, 0.05) is 54.5 Å². The largest absolute Gasteiger partial charge is 0.417 e. The number of carbonyl (C=O) groups is 1. The molecule has 0 aliphatic heterocycles. The summed E-state index contributed by atoms with van der Waals surface area (Å²) in [5, 5.41) is 0. The van der Waals surface area contributed by atoms with Gasteiger partial charge in [0.15, 0.2) is 17.0 Å². The maximum absolute atomic E-state index is 13.3. The maximum Gasteiger partial charge on any atom is 0.417 e. The molecule has 0 saturated heterocycles. The first kappa shape index (κ1) is 23.1. The summed E-state index contributed by atoms with van der Waals surface area (Å²) in [6.07, 6.45) is -0.0902. The Hall–Kier alpha value is -4.67. The van der Waals surface area contributed by atoms with Crippen molar-refractivity contribution in [1.82, 2.24) is 24.9 Å². The van der Waals surface area contributed by atoms with E-state index in [2.05, 4.69) is 24.9 Å². The van der Waals surface area contributed by atoms with E-state index in [-0.39, 0.29) is 11.0 Å². The number of fused-ring (bicyclic) bond motifs is 1. The molecule has 3 N–H and O–H groups in total. The zero-order valence-corrected chi connectivity index (χ0v) is 18.8. The number of carbonyl (C=O) groups excluding carboxylic acids is 1. The van der Waals surface area contributed by atoms with Gasteiger partial charge in [-0.2, -0.15) is 13.2 Å². The number of nitrogens with one attached hydrogen (secondary N) is 3. The third-order valence-corrected chi connectivity index (χ3v) is 5.66. The fraction of sp³-hybridized carbons (Fsp3) is 0.120. The maximum atomic E-state index is 13.3. The van der Waals surface area contributed by atoms with Gasteiger partial charge in [0.05, 0.1) is 35.0 Å². The van der Waals surface area contributed by atoms with E-state index >= 15 is 0 Å². The average Bonchev–Trinajstić information content (AvgIpc) is 3.50. The van der Waals surface area contributed by atoms with Crippen LogP contribution in [0.4, 0.5) is 19.0 Å². The van der Waals surface area contributed by atoms with E-state index < -0.39 is 23.1 Å². The van der Waals surface area contributed by atoms with E-state index in [9.17, 15) is 22.8 Å². The molecule has 4 heterocycles. The first-order chi connectivity index (χ1) is 17.2. The molecule has 0 aliphatic rings. The molecular formula is C25H19F3N6O2. The summed E-state index contributed by atoms with van der Waals surface area (Å²) in [6.45, 7) is 0.424. The number of nitrogens with zero attached hydrogens (tertiary/aromatic N) is 3. The predicted molar refractivity (Wildman–Crippen MR) is 128 cm³/mol. The number of ketones is 1. The predicted octanol–water partition coefficient (Wildman–Crippen LogP) is 4.53. The van der Waals surface area contributed by atoms with E-state index in [1.54, 1.807) is 18.5 Å². The molecule has 5 aromatic rings. The number of H-pyrrole nitrogens is 3. The minimum atomic E-state index is -4.64. The third-order valence-electron chi connectivity index (χ3n) is 5.66. The van der Waals surface area contributed by atoms with Gasteiger partial charge in [-0.25, -0.2) is 9.97 Å². The quantitative estimate of drug-likeness (QED) is 0.302. The van der Waals surface area contributed by atoms with E-state index in [1.807, 2.05) is 11.9 Å². The molecule has 0 fully saturated rings. The molecule has 0 bridgehead atoms. The summed E-state index contributed by atoms with van der Waals surface area (Å²) in [4.78, 5) is 44.3. The van der Waals surface area contributed by atoms with Gasteiger partial charge in [-0.15, -0.1) is 0 Å². The van der Waals surface area contributed by atoms with Crippen LogP contribution in [0.25, 0.3) is 22.6 Å². The molecule has 182 valence electrons. The van der Waals surface area contributed by atoms with Gasteiger partial charge < -0.3 is 19.9 Å².